The standard InChI is InChI=1S/C5H12.C2H6S/c1-4-5(2)3;1-3-2/h5H,4H2,1-3H3;1-2H3. The van der Waals surface area contributed by atoms with E-state index in [9.17, 15) is 0 Å². The van der Waals surface area contributed by atoms with Crippen LogP contribution in [0.5, 0.6) is 0 Å². The second-order valence-electron chi connectivity index (χ2n) is 2.21. The van der Waals surface area contributed by atoms with E-state index in [0.717, 1.165) is 5.92 Å². The van der Waals surface area contributed by atoms with Crippen molar-refractivity contribution in [1.82, 2.24) is 0 Å². The molecule has 0 saturated carbocycles. The fourth-order valence-electron chi connectivity index (χ4n) is 0. The van der Waals surface area contributed by atoms with Crippen LogP contribution in [0.2, 0.25) is 0 Å². The Morgan fingerprint density at radius 2 is 1.38 bits per heavy atom. The van der Waals surface area contributed by atoms with Gasteiger partial charge in [-0.25, -0.2) is 0 Å². The van der Waals surface area contributed by atoms with E-state index in [2.05, 4.69) is 20.8 Å². The average Bonchev–Trinajstić information content (AvgIpc) is 1.69. The molecule has 0 aromatic carbocycles. The van der Waals surface area contributed by atoms with Gasteiger partial charge in [-0.3, -0.25) is 0 Å². The average molecular weight is 134 g/mol. The monoisotopic (exact) mass is 134 g/mol. The van der Waals surface area contributed by atoms with Gasteiger partial charge in [0.2, 0.25) is 0 Å². The molecule has 0 radical (unpaired) electrons. The Labute approximate surface area is 58.1 Å². The molecule has 0 aromatic rings. The summed E-state index contributed by atoms with van der Waals surface area (Å²) >= 11 is 1.75. The van der Waals surface area contributed by atoms with Crippen molar-refractivity contribution in [2.24, 2.45) is 5.92 Å². The van der Waals surface area contributed by atoms with E-state index < -0.39 is 0 Å². The summed E-state index contributed by atoms with van der Waals surface area (Å²) in [5.74, 6) is 0.884. The topological polar surface area (TPSA) is 0 Å². The zero-order valence-corrected chi connectivity index (χ0v) is 7.51. The Bertz CT molecular complexity index is 25.6. The second-order valence-corrected chi connectivity index (χ2v) is 3.03. The van der Waals surface area contributed by atoms with Crippen molar-refractivity contribution in [2.75, 3.05) is 12.5 Å². The first kappa shape index (κ1) is 11.2. The minimum absolute atomic E-state index is 0.884. The first-order chi connectivity index (χ1) is 3.68. The lowest BCUT2D eigenvalue weighted by atomic mass is 10.2. The predicted molar refractivity (Wildman–Crippen MR) is 44.6 cm³/mol. The van der Waals surface area contributed by atoms with Crippen LogP contribution in [-0.4, -0.2) is 12.5 Å². The molecule has 0 aromatic heterocycles. The smallest absolute Gasteiger partial charge is 0.0187 e. The molecule has 52 valence electrons. The van der Waals surface area contributed by atoms with Crippen LogP contribution in [0.3, 0.4) is 0 Å². The maximum Gasteiger partial charge on any atom is -0.0187 e. The molecule has 0 bridgehead atoms. The van der Waals surface area contributed by atoms with Crippen LogP contribution in [0.4, 0.5) is 0 Å². The van der Waals surface area contributed by atoms with Crippen LogP contribution in [0.1, 0.15) is 27.2 Å². The quantitative estimate of drug-likeness (QED) is 0.531. The summed E-state index contributed by atoms with van der Waals surface area (Å²) in [4.78, 5) is 0. The second kappa shape index (κ2) is 10.4. The molecule has 0 heterocycles. The largest absolute Gasteiger partial charge is 0.169 e. The SMILES string of the molecule is CCC(C)C.CSC. The first-order valence-electron chi connectivity index (χ1n) is 3.09. The molecule has 0 saturated heterocycles. The van der Waals surface area contributed by atoms with Crippen LogP contribution in [0.25, 0.3) is 0 Å². The van der Waals surface area contributed by atoms with Crippen molar-refractivity contribution in [3.8, 4) is 0 Å². The summed E-state index contributed by atoms with van der Waals surface area (Å²) in [6.45, 7) is 6.64. The molecule has 0 fully saturated rings. The van der Waals surface area contributed by atoms with Gasteiger partial charge in [0.1, 0.15) is 0 Å². The van der Waals surface area contributed by atoms with E-state index >= 15 is 0 Å². The van der Waals surface area contributed by atoms with Crippen molar-refractivity contribution in [3.05, 3.63) is 0 Å². The molecule has 0 spiro atoms. The number of hydrogen-bond acceptors (Lipinski definition) is 1. The van der Waals surface area contributed by atoms with Crippen LogP contribution < -0.4 is 0 Å². The summed E-state index contributed by atoms with van der Waals surface area (Å²) in [6.07, 6.45) is 5.39. The maximum atomic E-state index is 2.22. The Morgan fingerprint density at radius 3 is 1.38 bits per heavy atom. The summed E-state index contributed by atoms with van der Waals surface area (Å²) in [7, 11) is 0. The molecule has 0 nitrogen and oxygen atoms in total. The van der Waals surface area contributed by atoms with Gasteiger partial charge in [0, 0.05) is 0 Å². The molecule has 0 aliphatic heterocycles. The zero-order valence-electron chi connectivity index (χ0n) is 6.69. The van der Waals surface area contributed by atoms with Gasteiger partial charge in [-0.05, 0) is 18.4 Å². The summed E-state index contributed by atoms with van der Waals surface area (Å²) in [5.41, 5.74) is 0. The third kappa shape index (κ3) is 32.9. The van der Waals surface area contributed by atoms with Crippen molar-refractivity contribution >= 4 is 11.8 Å². The molecule has 0 aliphatic rings. The van der Waals surface area contributed by atoms with E-state index in [4.69, 9.17) is 0 Å². The van der Waals surface area contributed by atoms with Gasteiger partial charge in [0.15, 0.2) is 0 Å². The van der Waals surface area contributed by atoms with Crippen molar-refractivity contribution in [2.45, 2.75) is 27.2 Å². The highest BCUT2D eigenvalue weighted by atomic mass is 32.2. The van der Waals surface area contributed by atoms with Crippen LogP contribution >= 0.6 is 11.8 Å². The third-order valence-electron chi connectivity index (χ3n) is 0.816. The van der Waals surface area contributed by atoms with Gasteiger partial charge in [0.25, 0.3) is 0 Å². The van der Waals surface area contributed by atoms with E-state index in [0.29, 0.717) is 0 Å². The maximum absolute atomic E-state index is 2.22. The number of rotatable bonds is 1. The fraction of sp³-hybridized carbons (Fsp3) is 1.00. The molecule has 0 rings (SSSR count). The number of hydrogen-bond donors (Lipinski definition) is 0. The van der Waals surface area contributed by atoms with Gasteiger partial charge in [-0.15, -0.1) is 0 Å². The van der Waals surface area contributed by atoms with Gasteiger partial charge in [-0.2, -0.15) is 11.8 Å². The molecule has 0 aliphatic carbocycles. The highest BCUT2D eigenvalue weighted by Gasteiger charge is 1.80. The van der Waals surface area contributed by atoms with E-state index in [1.165, 1.54) is 6.42 Å². The fourth-order valence-corrected chi connectivity index (χ4v) is 0. The highest BCUT2D eigenvalue weighted by Crippen LogP contribution is 1.93. The van der Waals surface area contributed by atoms with Crippen molar-refractivity contribution in [3.63, 3.8) is 0 Å². The van der Waals surface area contributed by atoms with Crippen molar-refractivity contribution < 1.29 is 0 Å². The lowest BCUT2D eigenvalue weighted by molar-refractivity contribution is 0.626. The Hall–Kier alpha value is 0.350. The number of thioether (sulfide) groups is 1. The molecule has 0 unspecified atom stereocenters. The molecule has 8 heavy (non-hydrogen) atoms. The Balaban J connectivity index is 0. The zero-order chi connectivity index (χ0) is 6.99. The minimum atomic E-state index is 0.884. The first-order valence-corrected chi connectivity index (χ1v) is 4.72. The minimum Gasteiger partial charge on any atom is -0.169 e. The van der Waals surface area contributed by atoms with E-state index in [1.807, 2.05) is 12.5 Å². The summed E-state index contributed by atoms with van der Waals surface area (Å²) in [6, 6.07) is 0. The summed E-state index contributed by atoms with van der Waals surface area (Å²) in [5, 5.41) is 0. The van der Waals surface area contributed by atoms with Crippen LogP contribution in [-0.2, 0) is 0 Å². The Morgan fingerprint density at radius 1 is 1.25 bits per heavy atom. The normalized spacial score (nSPS) is 8.25. The van der Waals surface area contributed by atoms with Gasteiger partial charge < -0.3 is 0 Å². The van der Waals surface area contributed by atoms with Gasteiger partial charge in [0.05, 0.1) is 0 Å². The van der Waals surface area contributed by atoms with E-state index in [1.54, 1.807) is 11.8 Å². The lowest BCUT2D eigenvalue weighted by Crippen LogP contribution is -1.77. The highest BCUT2D eigenvalue weighted by molar-refractivity contribution is 7.97. The van der Waals surface area contributed by atoms with E-state index in [-0.39, 0.29) is 0 Å². The van der Waals surface area contributed by atoms with Crippen LogP contribution in [0.15, 0.2) is 0 Å². The third-order valence-corrected chi connectivity index (χ3v) is 0.816. The predicted octanol–water partition coefficient (Wildman–Crippen LogP) is 3.03. The molecular weight excluding hydrogens is 116 g/mol. The molecular formula is C7H18S. The molecule has 0 atom stereocenters. The molecule has 0 N–H and O–H groups in total. The van der Waals surface area contributed by atoms with Crippen molar-refractivity contribution in [1.29, 1.82) is 0 Å². The molecule has 1 heteroatoms. The Kier molecular flexibility index (Phi) is 14.5. The lowest BCUT2D eigenvalue weighted by Gasteiger charge is -1.90. The van der Waals surface area contributed by atoms with Crippen LogP contribution in [0, 0.1) is 5.92 Å². The van der Waals surface area contributed by atoms with Gasteiger partial charge in [-0.1, -0.05) is 27.2 Å². The summed E-state index contributed by atoms with van der Waals surface area (Å²) < 4.78 is 0. The molecule has 0 amide bonds. The van der Waals surface area contributed by atoms with Gasteiger partial charge >= 0.3 is 0 Å².